The summed E-state index contributed by atoms with van der Waals surface area (Å²) in [5.41, 5.74) is 1.55. The van der Waals surface area contributed by atoms with Gasteiger partial charge in [-0.25, -0.2) is 0 Å². The summed E-state index contributed by atoms with van der Waals surface area (Å²) in [6, 6.07) is 7.97. The number of nitrogens with one attached hydrogen (secondary N) is 1. The zero-order valence-electron chi connectivity index (χ0n) is 17.0. The lowest BCUT2D eigenvalue weighted by Crippen LogP contribution is -2.49. The van der Waals surface area contributed by atoms with Crippen LogP contribution in [0.4, 0.5) is 11.4 Å². The first-order valence-electron chi connectivity index (χ1n) is 10.6. The van der Waals surface area contributed by atoms with E-state index in [1.54, 1.807) is 18.3 Å². The van der Waals surface area contributed by atoms with Gasteiger partial charge in [0.2, 0.25) is 0 Å². The Hall–Kier alpha value is -2.96. The Bertz CT molecular complexity index is 984. The molecule has 1 aromatic heterocycles. The van der Waals surface area contributed by atoms with Gasteiger partial charge in [0, 0.05) is 22.9 Å². The van der Waals surface area contributed by atoms with Crippen molar-refractivity contribution in [2.24, 2.45) is 17.8 Å². The Balaban J connectivity index is 1.41. The molecule has 7 nitrogen and oxygen atoms in total. The van der Waals surface area contributed by atoms with Crippen molar-refractivity contribution in [1.82, 2.24) is 4.98 Å². The lowest BCUT2D eigenvalue weighted by atomic mass is 9.48. The van der Waals surface area contributed by atoms with Crippen LogP contribution in [0.5, 0.6) is 5.75 Å². The highest BCUT2D eigenvalue weighted by Gasteiger charge is 2.52. The fourth-order valence-electron chi connectivity index (χ4n) is 6.38. The van der Waals surface area contributed by atoms with Crippen LogP contribution in [0, 0.1) is 27.9 Å². The average molecular weight is 407 g/mol. The molecule has 156 valence electrons. The van der Waals surface area contributed by atoms with Gasteiger partial charge in [-0.3, -0.25) is 19.9 Å². The summed E-state index contributed by atoms with van der Waals surface area (Å²) in [5, 5.41) is 14.1. The van der Waals surface area contributed by atoms with Gasteiger partial charge in [0.25, 0.3) is 11.6 Å². The first kappa shape index (κ1) is 19.0. The second kappa shape index (κ2) is 7.07. The molecule has 4 aliphatic rings. The second-order valence-corrected chi connectivity index (χ2v) is 9.22. The number of nitrogens with zero attached hydrogens (tertiary/aromatic N) is 2. The molecular weight excluding hydrogens is 382 g/mol. The van der Waals surface area contributed by atoms with E-state index in [1.165, 1.54) is 57.8 Å². The molecule has 6 rings (SSSR count). The van der Waals surface area contributed by atoms with Gasteiger partial charge in [0.05, 0.1) is 18.1 Å². The van der Waals surface area contributed by atoms with E-state index in [2.05, 4.69) is 10.3 Å². The number of rotatable bonds is 5. The third-order valence-electron chi connectivity index (χ3n) is 7.25. The van der Waals surface area contributed by atoms with Gasteiger partial charge in [-0.2, -0.15) is 0 Å². The number of nitro benzene ring substituents is 1. The summed E-state index contributed by atoms with van der Waals surface area (Å²) in [6.07, 6.45) is 9.25. The lowest BCUT2D eigenvalue weighted by molar-refractivity contribution is -0.384. The summed E-state index contributed by atoms with van der Waals surface area (Å²) in [6.45, 7) is 0. The number of anilines is 1. The van der Waals surface area contributed by atoms with Crippen molar-refractivity contribution in [2.45, 2.75) is 43.9 Å². The van der Waals surface area contributed by atoms with Crippen molar-refractivity contribution >= 4 is 17.3 Å². The summed E-state index contributed by atoms with van der Waals surface area (Å²) in [5.74, 6) is 2.37. The van der Waals surface area contributed by atoms with Gasteiger partial charge in [-0.1, -0.05) is 0 Å². The third kappa shape index (κ3) is 3.22. The summed E-state index contributed by atoms with van der Waals surface area (Å²) in [4.78, 5) is 28.5. The molecule has 0 saturated heterocycles. The molecule has 4 fully saturated rings. The monoisotopic (exact) mass is 407 g/mol. The Kier molecular flexibility index (Phi) is 4.49. The Morgan fingerprint density at radius 3 is 2.40 bits per heavy atom. The number of pyridine rings is 1. The van der Waals surface area contributed by atoms with E-state index in [0.717, 1.165) is 23.4 Å². The first-order valence-corrected chi connectivity index (χ1v) is 10.6. The maximum absolute atomic E-state index is 12.9. The summed E-state index contributed by atoms with van der Waals surface area (Å²) in [7, 11) is 1.44. The molecule has 0 aliphatic heterocycles. The molecule has 4 aliphatic carbocycles. The standard InChI is InChI=1S/C23H25N3O4/c1-30-18-2-3-19(20(10-18)26(28)29)25-22(27)17-4-5-24-21(9-17)23-11-14-6-15(12-23)8-16(7-14)13-23/h2-5,9-10,14-16H,6-8,11-13H2,1H3,(H,25,27). The summed E-state index contributed by atoms with van der Waals surface area (Å²) < 4.78 is 5.06. The number of aromatic nitrogens is 1. The largest absolute Gasteiger partial charge is 0.496 e. The molecule has 30 heavy (non-hydrogen) atoms. The number of amides is 1. The normalized spacial score (nSPS) is 28.9. The second-order valence-electron chi connectivity index (χ2n) is 9.22. The van der Waals surface area contributed by atoms with Crippen LogP contribution in [0.1, 0.15) is 54.6 Å². The molecule has 0 atom stereocenters. The van der Waals surface area contributed by atoms with Gasteiger partial charge >= 0.3 is 0 Å². The fourth-order valence-corrected chi connectivity index (χ4v) is 6.38. The number of carbonyl (C=O) groups excluding carboxylic acids is 1. The zero-order valence-corrected chi connectivity index (χ0v) is 17.0. The van der Waals surface area contributed by atoms with E-state index in [9.17, 15) is 14.9 Å². The van der Waals surface area contributed by atoms with Crippen LogP contribution < -0.4 is 10.1 Å². The highest BCUT2D eigenvalue weighted by Crippen LogP contribution is 2.60. The minimum atomic E-state index is -0.522. The number of carbonyl (C=O) groups is 1. The number of hydrogen-bond acceptors (Lipinski definition) is 5. The third-order valence-corrected chi connectivity index (χ3v) is 7.25. The van der Waals surface area contributed by atoms with Gasteiger partial charge in [0.15, 0.2) is 0 Å². The molecule has 0 unspecified atom stereocenters. The van der Waals surface area contributed by atoms with E-state index >= 15 is 0 Å². The molecule has 0 radical (unpaired) electrons. The van der Waals surface area contributed by atoms with Crippen molar-refractivity contribution in [1.29, 1.82) is 0 Å². The molecule has 2 aromatic rings. The smallest absolute Gasteiger partial charge is 0.296 e. The van der Waals surface area contributed by atoms with E-state index in [1.807, 2.05) is 6.07 Å². The van der Waals surface area contributed by atoms with Crippen LogP contribution in [0.25, 0.3) is 0 Å². The minimum absolute atomic E-state index is 0.0944. The average Bonchev–Trinajstić information content (AvgIpc) is 2.73. The SMILES string of the molecule is COc1ccc(NC(=O)c2ccnc(C34CC5CC(CC(C5)C3)C4)c2)c([N+](=O)[O-])c1. The molecule has 1 N–H and O–H groups in total. The number of nitro groups is 1. The Morgan fingerprint density at radius 2 is 1.80 bits per heavy atom. The van der Waals surface area contributed by atoms with Crippen molar-refractivity contribution in [3.05, 3.63) is 57.9 Å². The zero-order chi connectivity index (χ0) is 20.9. The Morgan fingerprint density at radius 1 is 1.13 bits per heavy atom. The maximum atomic E-state index is 12.9. The van der Waals surface area contributed by atoms with Gasteiger partial charge in [0.1, 0.15) is 11.4 Å². The molecule has 4 bridgehead atoms. The number of hydrogen-bond donors (Lipinski definition) is 1. The van der Waals surface area contributed by atoms with Crippen LogP contribution in [-0.4, -0.2) is 22.9 Å². The molecule has 1 amide bonds. The van der Waals surface area contributed by atoms with Crippen LogP contribution in [0.2, 0.25) is 0 Å². The van der Waals surface area contributed by atoms with Crippen molar-refractivity contribution in [3.63, 3.8) is 0 Å². The molecule has 7 heteroatoms. The maximum Gasteiger partial charge on any atom is 0.296 e. The van der Waals surface area contributed by atoms with Gasteiger partial charge < -0.3 is 10.1 Å². The van der Waals surface area contributed by atoms with Crippen LogP contribution >= 0.6 is 0 Å². The first-order chi connectivity index (χ1) is 14.5. The quantitative estimate of drug-likeness (QED) is 0.572. The topological polar surface area (TPSA) is 94.4 Å². The van der Waals surface area contributed by atoms with E-state index in [0.29, 0.717) is 11.3 Å². The van der Waals surface area contributed by atoms with Gasteiger partial charge in [-0.15, -0.1) is 0 Å². The highest BCUT2D eigenvalue weighted by molar-refractivity contribution is 6.05. The van der Waals surface area contributed by atoms with E-state index in [4.69, 9.17) is 4.74 Å². The highest BCUT2D eigenvalue weighted by atomic mass is 16.6. The minimum Gasteiger partial charge on any atom is -0.496 e. The van der Waals surface area contributed by atoms with Gasteiger partial charge in [-0.05, 0) is 80.5 Å². The van der Waals surface area contributed by atoms with E-state index < -0.39 is 4.92 Å². The number of methoxy groups -OCH3 is 1. The Labute approximate surface area is 175 Å². The van der Waals surface area contributed by atoms with Crippen LogP contribution in [-0.2, 0) is 5.41 Å². The fraction of sp³-hybridized carbons (Fsp3) is 0.478. The summed E-state index contributed by atoms with van der Waals surface area (Å²) >= 11 is 0. The predicted octanol–water partition coefficient (Wildman–Crippen LogP) is 4.72. The van der Waals surface area contributed by atoms with Crippen molar-refractivity contribution in [3.8, 4) is 5.75 Å². The molecule has 1 aromatic carbocycles. The molecule has 0 spiro atoms. The van der Waals surface area contributed by atoms with Crippen molar-refractivity contribution in [2.75, 3.05) is 12.4 Å². The molecule has 1 heterocycles. The lowest BCUT2D eigenvalue weighted by Gasteiger charge is -2.56. The van der Waals surface area contributed by atoms with Crippen LogP contribution in [0.3, 0.4) is 0 Å². The number of benzene rings is 1. The van der Waals surface area contributed by atoms with E-state index in [-0.39, 0.29) is 22.7 Å². The predicted molar refractivity (Wildman–Crippen MR) is 112 cm³/mol. The number of ether oxygens (including phenoxy) is 1. The van der Waals surface area contributed by atoms with Crippen molar-refractivity contribution < 1.29 is 14.5 Å². The molecular formula is C23H25N3O4. The van der Waals surface area contributed by atoms with Crippen LogP contribution in [0.15, 0.2) is 36.5 Å². The molecule has 4 saturated carbocycles.